The predicted molar refractivity (Wildman–Crippen MR) is 103 cm³/mol. The van der Waals surface area contributed by atoms with Gasteiger partial charge in [-0.15, -0.1) is 0 Å². The smallest absolute Gasteiger partial charge is 0.193 e. The van der Waals surface area contributed by atoms with Crippen LogP contribution in [0.2, 0.25) is 0 Å². The lowest BCUT2D eigenvalue weighted by Crippen LogP contribution is -2.40. The summed E-state index contributed by atoms with van der Waals surface area (Å²) in [5.41, 5.74) is 0.933. The van der Waals surface area contributed by atoms with Gasteiger partial charge >= 0.3 is 0 Å². The van der Waals surface area contributed by atoms with E-state index in [1.807, 2.05) is 32.2 Å². The zero-order chi connectivity index (χ0) is 18.3. The van der Waals surface area contributed by atoms with Crippen LogP contribution < -0.4 is 10.1 Å². The number of nitrogens with one attached hydrogen (secondary N) is 1. The highest BCUT2D eigenvalue weighted by molar-refractivity contribution is 5.80. The molecule has 1 fully saturated rings. The van der Waals surface area contributed by atoms with Crippen LogP contribution in [0.25, 0.3) is 0 Å². The number of ether oxygens (including phenoxy) is 2. The van der Waals surface area contributed by atoms with Gasteiger partial charge in [-0.1, -0.05) is 18.2 Å². The molecule has 2 rings (SSSR count). The fraction of sp³-hybridized carbons (Fsp3) is 0.650. The van der Waals surface area contributed by atoms with Gasteiger partial charge in [-0.05, 0) is 40.2 Å². The lowest BCUT2D eigenvalue weighted by Gasteiger charge is -2.25. The Balaban J connectivity index is 1.94. The van der Waals surface area contributed by atoms with Crippen LogP contribution in [0, 0.1) is 5.92 Å². The summed E-state index contributed by atoms with van der Waals surface area (Å²) in [4.78, 5) is 6.77. The second kappa shape index (κ2) is 9.09. The van der Waals surface area contributed by atoms with E-state index in [4.69, 9.17) is 9.47 Å². The molecular formula is C20H33N3O2. The number of nitrogens with zero attached hydrogens (tertiary/aromatic N) is 2. The molecule has 5 nitrogen and oxygen atoms in total. The molecule has 140 valence electrons. The van der Waals surface area contributed by atoms with Crippen molar-refractivity contribution < 1.29 is 9.47 Å². The number of guanidine groups is 1. The molecule has 1 aliphatic rings. The summed E-state index contributed by atoms with van der Waals surface area (Å²) >= 11 is 0. The molecule has 1 atom stereocenters. The van der Waals surface area contributed by atoms with E-state index in [1.54, 1.807) is 0 Å². The normalized spacial score (nSPS) is 18.5. The molecule has 1 aromatic rings. The minimum atomic E-state index is -0.209. The van der Waals surface area contributed by atoms with E-state index in [0.717, 1.165) is 50.0 Å². The first-order chi connectivity index (χ1) is 11.9. The summed E-state index contributed by atoms with van der Waals surface area (Å²) in [5, 5.41) is 3.49. The Labute approximate surface area is 152 Å². The van der Waals surface area contributed by atoms with Crippen LogP contribution in [0.1, 0.15) is 39.7 Å². The topological polar surface area (TPSA) is 46.1 Å². The van der Waals surface area contributed by atoms with Gasteiger partial charge in [0.05, 0.1) is 6.61 Å². The van der Waals surface area contributed by atoms with E-state index in [1.165, 1.54) is 0 Å². The first-order valence-electron chi connectivity index (χ1n) is 9.23. The predicted octanol–water partition coefficient (Wildman–Crippen LogP) is 3.30. The van der Waals surface area contributed by atoms with Crippen molar-refractivity contribution in [2.75, 3.05) is 33.4 Å². The van der Waals surface area contributed by atoms with Crippen LogP contribution in [-0.4, -0.2) is 49.8 Å². The third-order valence-corrected chi connectivity index (χ3v) is 4.18. The molecule has 1 heterocycles. The standard InChI is InChI=1S/C20H33N3O2/c1-6-24-15-16-11-12-23(14-16)19(21-5)22-13-17-9-7-8-10-18(17)25-20(2,3)4/h7-10,16H,6,11-15H2,1-5H3,(H,21,22). The highest BCUT2D eigenvalue weighted by atomic mass is 16.5. The minimum absolute atomic E-state index is 0.209. The summed E-state index contributed by atoms with van der Waals surface area (Å²) in [5.74, 6) is 2.47. The summed E-state index contributed by atoms with van der Waals surface area (Å²) in [7, 11) is 1.84. The van der Waals surface area contributed by atoms with Crippen LogP contribution in [-0.2, 0) is 11.3 Å². The van der Waals surface area contributed by atoms with Gasteiger partial charge in [0.2, 0.25) is 0 Å². The Hall–Kier alpha value is -1.75. The van der Waals surface area contributed by atoms with Gasteiger partial charge in [0.25, 0.3) is 0 Å². The Kier molecular flexibility index (Phi) is 7.12. The fourth-order valence-corrected chi connectivity index (χ4v) is 3.03. The summed E-state index contributed by atoms with van der Waals surface area (Å²) in [6.45, 7) is 12.6. The molecule has 0 bridgehead atoms. The molecule has 1 saturated heterocycles. The van der Waals surface area contributed by atoms with Crippen LogP contribution in [0.3, 0.4) is 0 Å². The van der Waals surface area contributed by atoms with Crippen molar-refractivity contribution in [1.29, 1.82) is 0 Å². The first kappa shape index (κ1) is 19.6. The van der Waals surface area contributed by atoms with E-state index >= 15 is 0 Å². The Morgan fingerprint density at radius 2 is 2.08 bits per heavy atom. The van der Waals surface area contributed by atoms with E-state index in [0.29, 0.717) is 12.5 Å². The maximum Gasteiger partial charge on any atom is 0.193 e. The molecule has 0 amide bonds. The van der Waals surface area contributed by atoms with Gasteiger partial charge in [0.15, 0.2) is 5.96 Å². The first-order valence-corrected chi connectivity index (χ1v) is 9.23. The van der Waals surface area contributed by atoms with Crippen molar-refractivity contribution in [3.05, 3.63) is 29.8 Å². The fourth-order valence-electron chi connectivity index (χ4n) is 3.03. The number of hydrogen-bond donors (Lipinski definition) is 1. The molecule has 1 aliphatic heterocycles. The molecule has 0 spiro atoms. The highest BCUT2D eigenvalue weighted by Gasteiger charge is 2.25. The summed E-state index contributed by atoms with van der Waals surface area (Å²) in [6.07, 6.45) is 1.16. The molecule has 0 aliphatic carbocycles. The number of benzene rings is 1. The third-order valence-electron chi connectivity index (χ3n) is 4.18. The van der Waals surface area contributed by atoms with E-state index in [9.17, 15) is 0 Å². The van der Waals surface area contributed by atoms with Gasteiger partial charge < -0.3 is 19.7 Å². The second-order valence-corrected chi connectivity index (χ2v) is 7.48. The zero-order valence-corrected chi connectivity index (χ0v) is 16.3. The van der Waals surface area contributed by atoms with E-state index in [2.05, 4.69) is 42.0 Å². The van der Waals surface area contributed by atoms with Gasteiger partial charge in [-0.25, -0.2) is 0 Å². The number of hydrogen-bond acceptors (Lipinski definition) is 3. The molecular weight excluding hydrogens is 314 g/mol. The number of aliphatic imine (C=N–C) groups is 1. The minimum Gasteiger partial charge on any atom is -0.488 e. The quantitative estimate of drug-likeness (QED) is 0.633. The maximum absolute atomic E-state index is 6.08. The lowest BCUT2D eigenvalue weighted by molar-refractivity contribution is 0.114. The van der Waals surface area contributed by atoms with Crippen molar-refractivity contribution in [3.63, 3.8) is 0 Å². The van der Waals surface area contributed by atoms with Crippen LogP contribution >= 0.6 is 0 Å². The molecule has 1 aromatic carbocycles. The second-order valence-electron chi connectivity index (χ2n) is 7.48. The summed E-state index contributed by atoms with van der Waals surface area (Å²) in [6, 6.07) is 8.18. The monoisotopic (exact) mass is 347 g/mol. The molecule has 1 N–H and O–H groups in total. The maximum atomic E-state index is 6.08. The molecule has 25 heavy (non-hydrogen) atoms. The SMILES string of the molecule is CCOCC1CCN(C(=NC)NCc2ccccc2OC(C)(C)C)C1. The number of rotatable bonds is 6. The van der Waals surface area contributed by atoms with Crippen molar-refractivity contribution in [2.24, 2.45) is 10.9 Å². The van der Waals surface area contributed by atoms with Crippen molar-refractivity contribution >= 4 is 5.96 Å². The van der Waals surface area contributed by atoms with Crippen molar-refractivity contribution in [3.8, 4) is 5.75 Å². The van der Waals surface area contributed by atoms with E-state index < -0.39 is 0 Å². The van der Waals surface area contributed by atoms with Crippen LogP contribution in [0.5, 0.6) is 5.75 Å². The van der Waals surface area contributed by atoms with E-state index in [-0.39, 0.29) is 5.60 Å². The van der Waals surface area contributed by atoms with Crippen molar-refractivity contribution in [2.45, 2.75) is 46.3 Å². The Bertz CT molecular complexity index is 566. The average Bonchev–Trinajstić information content (AvgIpc) is 3.02. The van der Waals surface area contributed by atoms with Crippen molar-refractivity contribution in [1.82, 2.24) is 10.2 Å². The molecule has 0 aromatic heterocycles. The van der Waals surface area contributed by atoms with Crippen LogP contribution in [0.4, 0.5) is 0 Å². The molecule has 0 radical (unpaired) electrons. The Morgan fingerprint density at radius 1 is 1.32 bits per heavy atom. The van der Waals surface area contributed by atoms with Gasteiger partial charge in [-0.3, -0.25) is 4.99 Å². The largest absolute Gasteiger partial charge is 0.488 e. The molecule has 5 heteroatoms. The van der Waals surface area contributed by atoms with Gasteiger partial charge in [0, 0.05) is 44.8 Å². The highest BCUT2D eigenvalue weighted by Crippen LogP contribution is 2.23. The number of para-hydroxylation sites is 1. The third kappa shape index (κ3) is 6.24. The average molecular weight is 348 g/mol. The number of likely N-dealkylation sites (tertiary alicyclic amines) is 1. The lowest BCUT2D eigenvalue weighted by atomic mass is 10.1. The zero-order valence-electron chi connectivity index (χ0n) is 16.3. The van der Waals surface area contributed by atoms with Gasteiger partial charge in [0.1, 0.15) is 11.4 Å². The van der Waals surface area contributed by atoms with Crippen LogP contribution in [0.15, 0.2) is 29.3 Å². The molecule has 0 saturated carbocycles. The Morgan fingerprint density at radius 3 is 2.76 bits per heavy atom. The molecule has 1 unspecified atom stereocenters. The van der Waals surface area contributed by atoms with Gasteiger partial charge in [-0.2, -0.15) is 0 Å². The summed E-state index contributed by atoms with van der Waals surface area (Å²) < 4.78 is 11.6.